The van der Waals surface area contributed by atoms with Crippen LogP contribution in [0.4, 0.5) is 10.1 Å². The fourth-order valence-electron chi connectivity index (χ4n) is 8.06. The summed E-state index contributed by atoms with van der Waals surface area (Å²) in [5.41, 5.74) is 2.32. The van der Waals surface area contributed by atoms with Crippen molar-refractivity contribution in [3.05, 3.63) is 64.5 Å². The van der Waals surface area contributed by atoms with Crippen LogP contribution in [0, 0.1) is 29.0 Å². The summed E-state index contributed by atoms with van der Waals surface area (Å²) in [5, 5.41) is 4.22. The molecule has 2 aromatic carbocycles. The average Bonchev–Trinajstić information content (AvgIpc) is 3.05. The van der Waals surface area contributed by atoms with E-state index in [4.69, 9.17) is 9.73 Å². The average molecular weight is 646 g/mol. The molecule has 0 spiro atoms. The van der Waals surface area contributed by atoms with Crippen LogP contribution in [0.2, 0.25) is 0 Å². The van der Waals surface area contributed by atoms with Crippen LogP contribution in [0.25, 0.3) is 10.9 Å². The van der Waals surface area contributed by atoms with Crippen molar-refractivity contribution in [3.63, 3.8) is 0 Å². The van der Waals surface area contributed by atoms with E-state index in [1.807, 2.05) is 18.2 Å². The number of guanidine groups is 1. The van der Waals surface area contributed by atoms with Gasteiger partial charge in [-0.25, -0.2) is 14.4 Å². The van der Waals surface area contributed by atoms with Crippen LogP contribution < -0.4 is 15.6 Å². The molecule has 0 amide bonds. The molecule has 3 saturated carbocycles. The van der Waals surface area contributed by atoms with E-state index in [0.717, 1.165) is 69.2 Å². The van der Waals surface area contributed by atoms with E-state index < -0.39 is 0 Å². The van der Waals surface area contributed by atoms with Gasteiger partial charge in [-0.15, -0.1) is 0 Å². The standard InChI is InChI=1S/C37H52FN7O2/c1-25-31-20-27(37(31,2)3)21-33(25)41-36(44-18-16-43(17-19-44)14-7-13-42(4)5)40-28-9-11-30-34(22-28)39-24-45(35(30)46)15-12-26-8-10-29(47-6)23-32(26)38/h8-11,22-25,27,31,33H,7,12-21H2,1-6H3,(H,40,41)/t25-,27-,31+,33?/m0/s1. The van der Waals surface area contributed by atoms with Crippen LogP contribution in [0.3, 0.4) is 0 Å². The Hall–Kier alpha value is -3.50. The molecule has 254 valence electrons. The van der Waals surface area contributed by atoms with E-state index in [-0.39, 0.29) is 11.4 Å². The third kappa shape index (κ3) is 7.18. The Morgan fingerprint density at radius 1 is 1.11 bits per heavy atom. The topological polar surface area (TPSA) is 78.2 Å². The van der Waals surface area contributed by atoms with Crippen LogP contribution in [0.15, 0.2) is 52.5 Å². The SMILES string of the molecule is COc1ccc(CCn2cnc3cc(N/C(=N/C4C[C@@H]5C[C@H]([C@@H]4C)C5(C)C)N4CCN(CCCN(C)C)CC4)ccc3c2=O)c(F)c1. The van der Waals surface area contributed by atoms with Gasteiger partial charge in [-0.05, 0) is 106 Å². The minimum absolute atomic E-state index is 0.132. The molecular weight excluding hydrogens is 593 g/mol. The van der Waals surface area contributed by atoms with E-state index in [9.17, 15) is 9.18 Å². The van der Waals surface area contributed by atoms with E-state index in [1.165, 1.54) is 26.0 Å². The van der Waals surface area contributed by atoms with Crippen molar-refractivity contribution in [2.75, 3.05) is 65.8 Å². The lowest BCUT2D eigenvalue weighted by molar-refractivity contribution is -0.108. The van der Waals surface area contributed by atoms with Gasteiger partial charge in [0.1, 0.15) is 11.6 Å². The van der Waals surface area contributed by atoms with E-state index in [1.54, 1.807) is 23.0 Å². The van der Waals surface area contributed by atoms with Crippen LogP contribution >= 0.6 is 0 Å². The van der Waals surface area contributed by atoms with Gasteiger partial charge < -0.3 is 19.9 Å². The molecule has 7 rings (SSSR count). The number of aryl methyl sites for hydroxylation is 2. The van der Waals surface area contributed by atoms with Crippen molar-refractivity contribution < 1.29 is 9.13 Å². The van der Waals surface area contributed by atoms with Crippen molar-refractivity contribution in [1.29, 1.82) is 0 Å². The first-order chi connectivity index (χ1) is 22.5. The molecule has 9 nitrogen and oxygen atoms in total. The number of aliphatic imine (C=N–C) groups is 1. The summed E-state index contributed by atoms with van der Waals surface area (Å²) in [7, 11) is 5.78. The molecule has 1 saturated heterocycles. The fourth-order valence-corrected chi connectivity index (χ4v) is 8.06. The summed E-state index contributed by atoms with van der Waals surface area (Å²) in [6, 6.07) is 10.9. The smallest absolute Gasteiger partial charge is 0.261 e. The van der Waals surface area contributed by atoms with Crippen LogP contribution in [0.5, 0.6) is 5.75 Å². The number of anilines is 1. The highest BCUT2D eigenvalue weighted by Gasteiger charge is 2.56. The van der Waals surface area contributed by atoms with Crippen LogP contribution in [-0.2, 0) is 13.0 Å². The second-order valence-corrected chi connectivity index (χ2v) is 14.8. The number of ether oxygens (including phenoxy) is 1. The largest absolute Gasteiger partial charge is 0.497 e. The maximum atomic E-state index is 14.5. The Balaban J connectivity index is 1.18. The number of halogens is 1. The zero-order valence-corrected chi connectivity index (χ0v) is 29.0. The molecule has 3 aromatic rings. The van der Waals surface area contributed by atoms with Gasteiger partial charge in [0.05, 0.1) is 30.4 Å². The Kier molecular flexibility index (Phi) is 9.90. The number of fused-ring (bicyclic) bond motifs is 3. The molecule has 4 aliphatic rings. The predicted octanol–water partition coefficient (Wildman–Crippen LogP) is 5.19. The number of piperazine rings is 1. The molecule has 1 aromatic heterocycles. The number of nitrogens with one attached hydrogen (secondary N) is 1. The molecule has 4 fully saturated rings. The van der Waals surface area contributed by atoms with Gasteiger partial charge in [-0.3, -0.25) is 14.3 Å². The molecule has 2 heterocycles. The van der Waals surface area contributed by atoms with Crippen molar-refractivity contribution in [2.24, 2.45) is 28.2 Å². The summed E-state index contributed by atoms with van der Waals surface area (Å²) in [4.78, 5) is 30.7. The van der Waals surface area contributed by atoms with Gasteiger partial charge in [-0.1, -0.05) is 26.8 Å². The Morgan fingerprint density at radius 3 is 2.57 bits per heavy atom. The zero-order valence-electron chi connectivity index (χ0n) is 29.0. The van der Waals surface area contributed by atoms with Gasteiger partial charge >= 0.3 is 0 Å². The number of benzene rings is 2. The zero-order chi connectivity index (χ0) is 33.3. The molecule has 1 unspecified atom stereocenters. The molecule has 10 heteroatoms. The number of hydrogen-bond acceptors (Lipinski definition) is 6. The van der Waals surface area contributed by atoms with Crippen molar-refractivity contribution in [3.8, 4) is 5.75 Å². The van der Waals surface area contributed by atoms with Crippen LogP contribution in [-0.4, -0.2) is 96.7 Å². The van der Waals surface area contributed by atoms with Gasteiger partial charge in [0.15, 0.2) is 5.96 Å². The number of aromatic nitrogens is 2. The molecule has 1 aliphatic heterocycles. The first kappa shape index (κ1) is 33.4. The minimum atomic E-state index is -0.339. The normalized spacial score (nSPS) is 24.4. The molecule has 4 atom stereocenters. The lowest BCUT2D eigenvalue weighted by Gasteiger charge is -2.61. The van der Waals surface area contributed by atoms with Crippen molar-refractivity contribution >= 4 is 22.5 Å². The molecule has 1 N–H and O–H groups in total. The summed E-state index contributed by atoms with van der Waals surface area (Å²) in [5.74, 6) is 3.07. The number of hydrogen-bond donors (Lipinski definition) is 1. The Morgan fingerprint density at radius 2 is 1.89 bits per heavy atom. The second-order valence-electron chi connectivity index (χ2n) is 14.8. The van der Waals surface area contributed by atoms with E-state index in [2.05, 4.69) is 59.9 Å². The first-order valence-electron chi connectivity index (χ1n) is 17.3. The molecule has 47 heavy (non-hydrogen) atoms. The lowest BCUT2D eigenvalue weighted by Crippen LogP contribution is -2.57. The van der Waals surface area contributed by atoms with Crippen molar-refractivity contribution in [1.82, 2.24) is 24.3 Å². The molecule has 0 radical (unpaired) electrons. The Labute approximate surface area is 278 Å². The highest BCUT2D eigenvalue weighted by Crippen LogP contribution is 2.61. The van der Waals surface area contributed by atoms with E-state index in [0.29, 0.717) is 52.6 Å². The van der Waals surface area contributed by atoms with Gasteiger partial charge in [0.25, 0.3) is 5.56 Å². The number of rotatable bonds is 10. The molecular formula is C37H52FN7O2. The van der Waals surface area contributed by atoms with Gasteiger partial charge in [0, 0.05) is 44.5 Å². The number of nitrogens with zero attached hydrogens (tertiary/aromatic N) is 6. The third-order valence-electron chi connectivity index (χ3n) is 11.3. The molecule has 3 aliphatic carbocycles. The summed E-state index contributed by atoms with van der Waals surface area (Å²) in [6.45, 7) is 13.7. The lowest BCUT2D eigenvalue weighted by atomic mass is 9.45. The third-order valence-corrected chi connectivity index (χ3v) is 11.3. The van der Waals surface area contributed by atoms with Gasteiger partial charge in [0.2, 0.25) is 0 Å². The highest BCUT2D eigenvalue weighted by atomic mass is 19.1. The second kappa shape index (κ2) is 13.9. The Bertz CT molecular complexity index is 1650. The van der Waals surface area contributed by atoms with Crippen molar-refractivity contribution in [2.45, 2.75) is 59.0 Å². The minimum Gasteiger partial charge on any atom is -0.497 e. The van der Waals surface area contributed by atoms with Crippen LogP contribution in [0.1, 0.15) is 45.6 Å². The van der Waals surface area contributed by atoms with Gasteiger partial charge in [-0.2, -0.15) is 0 Å². The number of methoxy groups -OCH3 is 1. The predicted molar refractivity (Wildman–Crippen MR) is 188 cm³/mol. The maximum Gasteiger partial charge on any atom is 0.261 e. The summed E-state index contributed by atoms with van der Waals surface area (Å²) < 4.78 is 21.1. The maximum absolute atomic E-state index is 14.5. The molecule has 2 bridgehead atoms. The van der Waals surface area contributed by atoms with E-state index >= 15 is 0 Å². The summed E-state index contributed by atoms with van der Waals surface area (Å²) >= 11 is 0. The summed E-state index contributed by atoms with van der Waals surface area (Å²) in [6.07, 6.45) is 5.59. The first-order valence-corrected chi connectivity index (χ1v) is 17.3. The quantitative estimate of drug-likeness (QED) is 0.240. The highest BCUT2D eigenvalue weighted by molar-refractivity contribution is 5.96. The fraction of sp³-hybridized carbons (Fsp3) is 0.595. The monoisotopic (exact) mass is 645 g/mol.